The predicted octanol–water partition coefficient (Wildman–Crippen LogP) is 5.73. The maximum absolute atomic E-state index is 6.17. The summed E-state index contributed by atoms with van der Waals surface area (Å²) in [6.07, 6.45) is 0. The fourth-order valence-corrected chi connectivity index (χ4v) is 2.47. The minimum absolute atomic E-state index is 0.330. The first-order valence-corrected chi connectivity index (χ1v) is 7.47. The Morgan fingerprint density at radius 2 is 1.90 bits per heavy atom. The van der Waals surface area contributed by atoms with Gasteiger partial charge in [0.05, 0.1) is 16.4 Å². The number of pyridine rings is 1. The average molecular weight is 318 g/mol. The van der Waals surface area contributed by atoms with Gasteiger partial charge in [-0.05, 0) is 36.8 Å². The van der Waals surface area contributed by atoms with Gasteiger partial charge in [-0.25, -0.2) is 4.98 Å². The van der Waals surface area contributed by atoms with Gasteiger partial charge in [0.1, 0.15) is 5.75 Å². The van der Waals surface area contributed by atoms with E-state index in [1.165, 1.54) is 0 Å². The van der Waals surface area contributed by atoms with Gasteiger partial charge in [0.2, 0.25) is 5.88 Å². The van der Waals surface area contributed by atoms with Crippen LogP contribution in [0.1, 0.15) is 11.1 Å². The lowest BCUT2D eigenvalue weighted by atomic mass is 10.1. The second-order valence-corrected chi connectivity index (χ2v) is 5.49. The zero-order valence-corrected chi connectivity index (χ0v) is 12.9. The second kappa shape index (κ2) is 5.92. The first-order valence-electron chi connectivity index (χ1n) is 6.56. The first-order chi connectivity index (χ1) is 10.2. The highest BCUT2D eigenvalue weighted by Gasteiger charge is 2.11. The quantitative estimate of drug-likeness (QED) is 0.576. The minimum Gasteiger partial charge on any atom is -0.437 e. The smallest absolute Gasteiger partial charge is 0.224 e. The van der Waals surface area contributed by atoms with Gasteiger partial charge in [0.25, 0.3) is 0 Å². The van der Waals surface area contributed by atoms with Crippen molar-refractivity contribution in [3.63, 3.8) is 0 Å². The van der Waals surface area contributed by atoms with Crippen molar-refractivity contribution in [1.29, 1.82) is 0 Å². The van der Waals surface area contributed by atoms with Crippen LogP contribution in [0.3, 0.4) is 0 Å². The molecule has 0 spiro atoms. The summed E-state index contributed by atoms with van der Waals surface area (Å²) >= 11 is 12.2. The molecule has 0 saturated heterocycles. The second-order valence-electron chi connectivity index (χ2n) is 4.81. The number of halogens is 2. The lowest BCUT2D eigenvalue weighted by Gasteiger charge is -2.11. The molecule has 0 N–H and O–H groups in total. The highest BCUT2D eigenvalue weighted by atomic mass is 35.5. The highest BCUT2D eigenvalue weighted by Crippen LogP contribution is 2.32. The van der Waals surface area contributed by atoms with Crippen LogP contribution in [0.2, 0.25) is 5.02 Å². The normalized spacial score (nSPS) is 10.8. The molecule has 106 valence electrons. The lowest BCUT2D eigenvalue weighted by Crippen LogP contribution is -1.95. The zero-order valence-electron chi connectivity index (χ0n) is 11.4. The maximum Gasteiger partial charge on any atom is 0.224 e. The van der Waals surface area contributed by atoms with Crippen molar-refractivity contribution in [3.8, 4) is 11.6 Å². The van der Waals surface area contributed by atoms with E-state index in [1.54, 1.807) is 0 Å². The molecule has 0 saturated carbocycles. The third kappa shape index (κ3) is 2.97. The molecule has 0 radical (unpaired) electrons. The van der Waals surface area contributed by atoms with E-state index in [4.69, 9.17) is 27.9 Å². The van der Waals surface area contributed by atoms with Crippen molar-refractivity contribution < 1.29 is 4.74 Å². The van der Waals surface area contributed by atoms with Crippen LogP contribution in [0.15, 0.2) is 48.5 Å². The Bertz CT molecular complexity index is 802. The Morgan fingerprint density at radius 3 is 2.71 bits per heavy atom. The van der Waals surface area contributed by atoms with Crippen LogP contribution in [0, 0.1) is 6.92 Å². The molecular weight excluding hydrogens is 305 g/mol. The Kier molecular flexibility index (Phi) is 4.00. The summed E-state index contributed by atoms with van der Waals surface area (Å²) in [5.74, 6) is 1.42. The molecule has 0 bridgehead atoms. The summed E-state index contributed by atoms with van der Waals surface area (Å²) in [6, 6.07) is 15.5. The lowest BCUT2D eigenvalue weighted by molar-refractivity contribution is 0.460. The van der Waals surface area contributed by atoms with Crippen LogP contribution >= 0.6 is 23.2 Å². The molecule has 2 aromatic carbocycles. The standard InChI is InChI=1S/C17H13Cl2NO/c1-11-6-7-14(19)16(8-11)21-17-13(10-18)9-12-4-2-3-5-15(12)20-17/h2-9H,10H2,1H3. The van der Waals surface area contributed by atoms with Crippen LogP contribution in [-0.4, -0.2) is 4.98 Å². The number of aryl methyl sites for hydroxylation is 1. The average Bonchev–Trinajstić information content (AvgIpc) is 2.50. The molecule has 0 fully saturated rings. The molecule has 2 nitrogen and oxygen atoms in total. The van der Waals surface area contributed by atoms with Crippen molar-refractivity contribution in [1.82, 2.24) is 4.98 Å². The van der Waals surface area contributed by atoms with Crippen LogP contribution < -0.4 is 4.74 Å². The highest BCUT2D eigenvalue weighted by molar-refractivity contribution is 6.32. The molecule has 4 heteroatoms. The third-order valence-electron chi connectivity index (χ3n) is 3.20. The number of fused-ring (bicyclic) bond motifs is 1. The SMILES string of the molecule is Cc1ccc(Cl)c(Oc2nc3ccccc3cc2CCl)c1. The third-order valence-corrected chi connectivity index (χ3v) is 3.80. The summed E-state index contributed by atoms with van der Waals surface area (Å²) in [6.45, 7) is 1.99. The van der Waals surface area contributed by atoms with E-state index < -0.39 is 0 Å². The molecule has 0 unspecified atom stereocenters. The summed E-state index contributed by atoms with van der Waals surface area (Å²) in [5, 5.41) is 1.59. The van der Waals surface area contributed by atoms with Gasteiger partial charge in [0.15, 0.2) is 0 Å². The Morgan fingerprint density at radius 1 is 1.10 bits per heavy atom. The van der Waals surface area contributed by atoms with Crippen LogP contribution in [-0.2, 0) is 5.88 Å². The van der Waals surface area contributed by atoms with Crippen LogP contribution in [0.5, 0.6) is 11.6 Å². The Balaban J connectivity index is 2.08. The Hall–Kier alpha value is -1.77. The Labute approximate surface area is 133 Å². The molecule has 0 atom stereocenters. The van der Waals surface area contributed by atoms with Gasteiger partial charge in [-0.1, -0.05) is 35.9 Å². The largest absolute Gasteiger partial charge is 0.437 e. The van der Waals surface area contributed by atoms with E-state index in [9.17, 15) is 0 Å². The molecule has 0 aliphatic rings. The number of hydrogen-bond donors (Lipinski definition) is 0. The molecule has 0 amide bonds. The number of ether oxygens (including phenoxy) is 1. The van der Waals surface area contributed by atoms with E-state index in [0.717, 1.165) is 22.0 Å². The summed E-state index contributed by atoms with van der Waals surface area (Å²) < 4.78 is 5.89. The molecule has 0 aliphatic carbocycles. The van der Waals surface area contributed by atoms with Crippen molar-refractivity contribution in [2.45, 2.75) is 12.8 Å². The fraction of sp³-hybridized carbons (Fsp3) is 0.118. The molecule has 21 heavy (non-hydrogen) atoms. The zero-order chi connectivity index (χ0) is 14.8. The van der Waals surface area contributed by atoms with Gasteiger partial charge in [0, 0.05) is 10.9 Å². The fourth-order valence-electron chi connectivity index (χ4n) is 2.12. The topological polar surface area (TPSA) is 22.1 Å². The molecule has 1 heterocycles. The van der Waals surface area contributed by atoms with Gasteiger partial charge >= 0.3 is 0 Å². The monoisotopic (exact) mass is 317 g/mol. The van der Waals surface area contributed by atoms with E-state index in [1.807, 2.05) is 55.5 Å². The van der Waals surface area contributed by atoms with E-state index in [0.29, 0.717) is 22.5 Å². The molecule has 0 aliphatic heterocycles. The number of hydrogen-bond acceptors (Lipinski definition) is 2. The predicted molar refractivity (Wildman–Crippen MR) is 87.6 cm³/mol. The maximum atomic E-state index is 6.17. The van der Waals surface area contributed by atoms with Gasteiger partial charge < -0.3 is 4.74 Å². The van der Waals surface area contributed by atoms with E-state index in [-0.39, 0.29) is 0 Å². The first kappa shape index (κ1) is 14.2. The molecular formula is C17H13Cl2NO. The van der Waals surface area contributed by atoms with E-state index >= 15 is 0 Å². The molecule has 3 aromatic rings. The van der Waals surface area contributed by atoms with Crippen molar-refractivity contribution in [2.24, 2.45) is 0 Å². The van der Waals surface area contributed by atoms with Crippen molar-refractivity contribution in [2.75, 3.05) is 0 Å². The minimum atomic E-state index is 0.330. The number of para-hydroxylation sites is 1. The summed E-state index contributed by atoms with van der Waals surface area (Å²) in [4.78, 5) is 4.55. The number of benzene rings is 2. The van der Waals surface area contributed by atoms with Crippen LogP contribution in [0.25, 0.3) is 10.9 Å². The van der Waals surface area contributed by atoms with Gasteiger partial charge in [-0.15, -0.1) is 11.6 Å². The number of alkyl halides is 1. The molecule has 1 aromatic heterocycles. The van der Waals surface area contributed by atoms with Crippen molar-refractivity contribution >= 4 is 34.1 Å². The summed E-state index contributed by atoms with van der Waals surface area (Å²) in [5.41, 5.74) is 2.78. The molecule has 3 rings (SSSR count). The number of nitrogens with zero attached hydrogens (tertiary/aromatic N) is 1. The summed E-state index contributed by atoms with van der Waals surface area (Å²) in [7, 11) is 0. The van der Waals surface area contributed by atoms with E-state index in [2.05, 4.69) is 4.98 Å². The van der Waals surface area contributed by atoms with Crippen LogP contribution in [0.4, 0.5) is 0 Å². The number of rotatable bonds is 3. The van der Waals surface area contributed by atoms with Gasteiger partial charge in [-0.3, -0.25) is 0 Å². The van der Waals surface area contributed by atoms with Crippen molar-refractivity contribution in [3.05, 3.63) is 64.7 Å². The number of aromatic nitrogens is 1. The van der Waals surface area contributed by atoms with Gasteiger partial charge in [-0.2, -0.15) is 0 Å².